The SMILES string of the molecule is O=C1/C(=C/c2ccccc2F)S/C(=N/c2ccccn2)N1c1ccccc1. The average Bonchev–Trinajstić information content (AvgIpc) is 3.00. The number of carbonyl (C=O) groups is 1. The van der Waals surface area contributed by atoms with Crippen LogP contribution in [0.15, 0.2) is 88.9 Å². The Labute approximate surface area is 160 Å². The molecule has 0 spiro atoms. The molecule has 1 aliphatic heterocycles. The van der Waals surface area contributed by atoms with Crippen LogP contribution in [0.5, 0.6) is 0 Å². The van der Waals surface area contributed by atoms with Crippen LogP contribution in [-0.4, -0.2) is 16.1 Å². The molecule has 0 N–H and O–H groups in total. The number of benzene rings is 2. The van der Waals surface area contributed by atoms with E-state index in [1.54, 1.807) is 42.6 Å². The van der Waals surface area contributed by atoms with Crippen LogP contribution in [0, 0.1) is 5.82 Å². The quantitative estimate of drug-likeness (QED) is 0.603. The van der Waals surface area contributed by atoms with Gasteiger partial charge in [0, 0.05) is 11.8 Å². The van der Waals surface area contributed by atoms with Gasteiger partial charge in [0.15, 0.2) is 11.0 Å². The number of hydrogen-bond donors (Lipinski definition) is 0. The lowest BCUT2D eigenvalue weighted by Gasteiger charge is -2.15. The van der Waals surface area contributed by atoms with Crippen molar-refractivity contribution in [2.24, 2.45) is 4.99 Å². The number of pyridine rings is 1. The molecule has 1 aromatic heterocycles. The monoisotopic (exact) mass is 375 g/mol. The van der Waals surface area contributed by atoms with Crippen molar-refractivity contribution in [2.75, 3.05) is 4.90 Å². The van der Waals surface area contributed by atoms with E-state index >= 15 is 0 Å². The van der Waals surface area contributed by atoms with Crippen LogP contribution >= 0.6 is 11.8 Å². The summed E-state index contributed by atoms with van der Waals surface area (Å²) in [5.41, 5.74) is 1.06. The highest BCUT2D eigenvalue weighted by atomic mass is 32.2. The van der Waals surface area contributed by atoms with E-state index in [0.29, 0.717) is 27.1 Å². The van der Waals surface area contributed by atoms with Gasteiger partial charge in [-0.15, -0.1) is 0 Å². The Hall–Kier alpha value is -3.25. The van der Waals surface area contributed by atoms with E-state index in [2.05, 4.69) is 9.98 Å². The number of carbonyl (C=O) groups excluding carboxylic acids is 1. The lowest BCUT2D eigenvalue weighted by molar-refractivity contribution is -0.113. The van der Waals surface area contributed by atoms with Crippen molar-refractivity contribution >= 4 is 40.4 Å². The minimum Gasteiger partial charge on any atom is -0.268 e. The van der Waals surface area contributed by atoms with Gasteiger partial charge in [-0.25, -0.2) is 14.4 Å². The van der Waals surface area contributed by atoms with Gasteiger partial charge in [-0.3, -0.25) is 9.69 Å². The largest absolute Gasteiger partial charge is 0.271 e. The van der Waals surface area contributed by atoms with Gasteiger partial charge in [0.25, 0.3) is 5.91 Å². The maximum Gasteiger partial charge on any atom is 0.271 e. The van der Waals surface area contributed by atoms with Gasteiger partial charge in [-0.2, -0.15) is 0 Å². The van der Waals surface area contributed by atoms with Crippen LogP contribution < -0.4 is 4.90 Å². The van der Waals surface area contributed by atoms with Crippen LogP contribution in [0.3, 0.4) is 0 Å². The molecule has 1 saturated heterocycles. The fourth-order valence-electron chi connectivity index (χ4n) is 2.60. The summed E-state index contributed by atoms with van der Waals surface area (Å²) in [5.74, 6) is -0.121. The molecule has 132 valence electrons. The Bertz CT molecular complexity index is 1040. The number of aliphatic imine (C=N–C) groups is 1. The third-order valence-electron chi connectivity index (χ3n) is 3.87. The van der Waals surface area contributed by atoms with Crippen molar-refractivity contribution in [3.63, 3.8) is 0 Å². The van der Waals surface area contributed by atoms with Crippen molar-refractivity contribution < 1.29 is 9.18 Å². The third-order valence-corrected chi connectivity index (χ3v) is 4.84. The van der Waals surface area contributed by atoms with Crippen LogP contribution in [0.4, 0.5) is 15.9 Å². The number of thioether (sulfide) groups is 1. The Morgan fingerprint density at radius 3 is 2.44 bits per heavy atom. The molecule has 1 amide bonds. The molecule has 0 bridgehead atoms. The number of para-hydroxylation sites is 1. The molecule has 2 aromatic carbocycles. The van der Waals surface area contributed by atoms with Gasteiger partial charge in [0.2, 0.25) is 0 Å². The van der Waals surface area contributed by atoms with E-state index in [9.17, 15) is 9.18 Å². The molecule has 2 heterocycles. The molecular formula is C21H14FN3OS. The zero-order valence-electron chi connectivity index (χ0n) is 14.1. The van der Waals surface area contributed by atoms with Crippen molar-refractivity contribution in [1.29, 1.82) is 0 Å². The van der Waals surface area contributed by atoms with E-state index in [1.807, 2.05) is 36.4 Å². The summed E-state index contributed by atoms with van der Waals surface area (Å²) in [4.78, 5) is 23.7. The Morgan fingerprint density at radius 1 is 0.963 bits per heavy atom. The smallest absolute Gasteiger partial charge is 0.268 e. The Kier molecular flexibility index (Phi) is 4.80. The highest BCUT2D eigenvalue weighted by molar-refractivity contribution is 8.19. The molecule has 0 unspecified atom stereocenters. The zero-order valence-corrected chi connectivity index (χ0v) is 14.9. The van der Waals surface area contributed by atoms with Gasteiger partial charge in [0.05, 0.1) is 10.6 Å². The number of nitrogens with zero attached hydrogens (tertiary/aromatic N) is 3. The van der Waals surface area contributed by atoms with Crippen LogP contribution in [0.2, 0.25) is 0 Å². The topological polar surface area (TPSA) is 45.6 Å². The second-order valence-corrected chi connectivity index (χ2v) is 6.70. The Balaban J connectivity index is 1.79. The number of aromatic nitrogens is 1. The van der Waals surface area contributed by atoms with E-state index in [0.717, 1.165) is 0 Å². The summed E-state index contributed by atoms with van der Waals surface area (Å²) >= 11 is 1.20. The normalized spacial score (nSPS) is 17.1. The molecule has 1 fully saturated rings. The van der Waals surface area contributed by atoms with Crippen LogP contribution in [0.1, 0.15) is 5.56 Å². The average molecular weight is 375 g/mol. The molecule has 3 aromatic rings. The van der Waals surface area contributed by atoms with Crippen LogP contribution in [-0.2, 0) is 4.79 Å². The van der Waals surface area contributed by atoms with E-state index in [4.69, 9.17) is 0 Å². The van der Waals surface area contributed by atoms with Crippen molar-refractivity contribution in [3.05, 3.63) is 95.3 Å². The molecule has 4 nitrogen and oxygen atoms in total. The second-order valence-electron chi connectivity index (χ2n) is 5.69. The fraction of sp³-hybridized carbons (Fsp3) is 0. The molecule has 0 aliphatic carbocycles. The van der Waals surface area contributed by atoms with Gasteiger partial charge in [0.1, 0.15) is 5.82 Å². The number of amides is 1. The second kappa shape index (κ2) is 7.55. The minimum atomic E-state index is -0.375. The molecular weight excluding hydrogens is 361 g/mol. The molecule has 4 rings (SSSR count). The fourth-order valence-corrected chi connectivity index (χ4v) is 3.58. The molecule has 27 heavy (non-hydrogen) atoms. The highest BCUT2D eigenvalue weighted by Crippen LogP contribution is 2.37. The summed E-state index contributed by atoms with van der Waals surface area (Å²) in [6, 6.07) is 21.0. The summed E-state index contributed by atoms with van der Waals surface area (Å²) in [7, 11) is 0. The summed E-state index contributed by atoms with van der Waals surface area (Å²) in [6.45, 7) is 0. The molecule has 0 atom stereocenters. The Morgan fingerprint density at radius 2 is 1.70 bits per heavy atom. The van der Waals surface area contributed by atoms with Crippen molar-refractivity contribution in [2.45, 2.75) is 0 Å². The van der Waals surface area contributed by atoms with Gasteiger partial charge < -0.3 is 0 Å². The predicted octanol–water partition coefficient (Wildman–Crippen LogP) is 5.03. The predicted molar refractivity (Wildman–Crippen MR) is 107 cm³/mol. The van der Waals surface area contributed by atoms with Gasteiger partial charge >= 0.3 is 0 Å². The first-order valence-corrected chi connectivity index (χ1v) is 9.07. The van der Waals surface area contributed by atoms with Gasteiger partial charge in [-0.05, 0) is 48.2 Å². The van der Waals surface area contributed by atoms with Crippen LogP contribution in [0.25, 0.3) is 6.08 Å². The van der Waals surface area contributed by atoms with Gasteiger partial charge in [-0.1, -0.05) is 42.5 Å². The standard InChI is InChI=1S/C21H14FN3OS/c22-17-11-5-4-8-15(17)14-18-20(26)25(16-9-2-1-3-10-16)21(27-18)24-19-12-6-7-13-23-19/h1-14H/b18-14-,24-21+. The number of amidine groups is 1. The van der Waals surface area contributed by atoms with E-state index in [1.165, 1.54) is 22.7 Å². The summed E-state index contributed by atoms with van der Waals surface area (Å²) in [5, 5.41) is 0.479. The maximum atomic E-state index is 14.0. The van der Waals surface area contributed by atoms with Crippen molar-refractivity contribution in [1.82, 2.24) is 4.98 Å². The number of halogens is 1. The molecule has 1 aliphatic rings. The first-order chi connectivity index (χ1) is 13.2. The zero-order chi connectivity index (χ0) is 18.6. The van der Waals surface area contributed by atoms with E-state index < -0.39 is 0 Å². The number of hydrogen-bond acceptors (Lipinski definition) is 4. The number of anilines is 1. The number of rotatable bonds is 3. The highest BCUT2D eigenvalue weighted by Gasteiger charge is 2.34. The lowest BCUT2D eigenvalue weighted by atomic mass is 10.2. The summed E-state index contributed by atoms with van der Waals surface area (Å²) in [6.07, 6.45) is 3.20. The molecule has 0 saturated carbocycles. The first-order valence-electron chi connectivity index (χ1n) is 8.26. The van der Waals surface area contributed by atoms with E-state index in [-0.39, 0.29) is 11.7 Å². The third kappa shape index (κ3) is 3.66. The molecule has 0 radical (unpaired) electrons. The maximum absolute atomic E-state index is 14.0. The lowest BCUT2D eigenvalue weighted by Crippen LogP contribution is -2.28. The molecule has 6 heteroatoms. The first kappa shape index (κ1) is 17.2. The minimum absolute atomic E-state index is 0.246. The van der Waals surface area contributed by atoms with Crippen molar-refractivity contribution in [3.8, 4) is 0 Å². The summed E-state index contributed by atoms with van der Waals surface area (Å²) < 4.78 is 14.0.